The van der Waals surface area contributed by atoms with Crippen LogP contribution in [0.5, 0.6) is 0 Å². The first-order valence-corrected chi connectivity index (χ1v) is 9.95. The maximum Gasteiger partial charge on any atom is 0.213 e. The first-order valence-electron chi connectivity index (χ1n) is 9.95. The number of halogens is 1. The molecule has 0 aromatic carbocycles. The molecule has 31 heavy (non-hydrogen) atoms. The lowest BCUT2D eigenvalue weighted by Crippen LogP contribution is -2.03. The minimum absolute atomic E-state index is 0.308. The molecule has 0 aliphatic carbocycles. The highest BCUT2D eigenvalue weighted by Gasteiger charge is 2.17. The summed E-state index contributed by atoms with van der Waals surface area (Å²) in [6.07, 6.45) is 17.5. The summed E-state index contributed by atoms with van der Waals surface area (Å²) in [6.45, 7) is 5.88. The highest BCUT2D eigenvalue weighted by Crippen LogP contribution is 2.29. The van der Waals surface area contributed by atoms with Crippen LogP contribution in [0.2, 0.25) is 0 Å². The Morgan fingerprint density at radius 1 is 1.39 bits per heavy atom. The van der Waals surface area contributed by atoms with Gasteiger partial charge >= 0.3 is 0 Å². The average Bonchev–Trinajstić information content (AvgIpc) is 3.06. The third kappa shape index (κ3) is 5.12. The van der Waals surface area contributed by atoms with Crippen LogP contribution in [0.15, 0.2) is 65.5 Å². The summed E-state index contributed by atoms with van der Waals surface area (Å²) < 4.78 is 15.3. The second-order valence-corrected chi connectivity index (χ2v) is 6.93. The summed E-state index contributed by atoms with van der Waals surface area (Å²) in [6, 6.07) is 6.70. The molecule has 0 atom stereocenters. The fraction of sp³-hybridized carbons (Fsp3) is 0.200. The molecule has 2 aromatic rings. The summed E-state index contributed by atoms with van der Waals surface area (Å²) in [7, 11) is 0. The molecule has 5 nitrogen and oxygen atoms in total. The maximum absolute atomic E-state index is 13.6. The Hall–Kier alpha value is -4.03. The van der Waals surface area contributed by atoms with Gasteiger partial charge in [-0.1, -0.05) is 43.6 Å². The van der Waals surface area contributed by atoms with E-state index in [1.54, 1.807) is 35.3 Å². The van der Waals surface area contributed by atoms with Gasteiger partial charge in [-0.2, -0.15) is 9.65 Å². The second-order valence-electron chi connectivity index (χ2n) is 6.93. The van der Waals surface area contributed by atoms with Crippen LogP contribution in [0.25, 0.3) is 11.8 Å². The van der Waals surface area contributed by atoms with E-state index >= 15 is 0 Å². The molecule has 0 bridgehead atoms. The van der Waals surface area contributed by atoms with Crippen molar-refractivity contribution in [1.29, 1.82) is 5.26 Å². The molecule has 0 unspecified atom stereocenters. The first-order chi connectivity index (χ1) is 15.1. The number of nitriles is 1. The van der Waals surface area contributed by atoms with E-state index in [-0.39, 0.29) is 0 Å². The summed E-state index contributed by atoms with van der Waals surface area (Å²) in [5, 5.41) is 9.25. The summed E-state index contributed by atoms with van der Waals surface area (Å²) >= 11 is 0. The lowest BCUT2D eigenvalue weighted by molar-refractivity contribution is 0.583. The van der Waals surface area contributed by atoms with Crippen LogP contribution in [-0.4, -0.2) is 20.2 Å². The van der Waals surface area contributed by atoms with E-state index in [0.29, 0.717) is 42.2 Å². The van der Waals surface area contributed by atoms with Crippen LogP contribution in [-0.2, 0) is 0 Å². The molecule has 0 N–H and O–H groups in total. The number of pyridine rings is 1. The fourth-order valence-electron chi connectivity index (χ4n) is 3.37. The number of aromatic nitrogens is 3. The van der Waals surface area contributed by atoms with Crippen molar-refractivity contribution in [2.45, 2.75) is 32.6 Å². The fourth-order valence-corrected chi connectivity index (χ4v) is 3.37. The number of aliphatic imine (C=N–C) groups is 1. The van der Waals surface area contributed by atoms with E-state index in [2.05, 4.69) is 40.5 Å². The van der Waals surface area contributed by atoms with Gasteiger partial charge in [-0.05, 0) is 31.1 Å². The number of nitrogens with zero attached hydrogens (tertiary/aromatic N) is 5. The first kappa shape index (κ1) is 21.7. The van der Waals surface area contributed by atoms with Crippen molar-refractivity contribution < 1.29 is 4.39 Å². The highest BCUT2D eigenvalue weighted by atomic mass is 19.1. The lowest BCUT2D eigenvalue weighted by atomic mass is 9.94. The second kappa shape index (κ2) is 10.1. The van der Waals surface area contributed by atoms with E-state index < -0.39 is 5.95 Å². The van der Waals surface area contributed by atoms with Gasteiger partial charge < -0.3 is 4.57 Å². The molecule has 0 radical (unpaired) electrons. The predicted octanol–water partition coefficient (Wildman–Crippen LogP) is 5.30. The molecule has 1 aliphatic rings. The van der Waals surface area contributed by atoms with Crippen molar-refractivity contribution in [2.75, 3.05) is 0 Å². The molecular weight excluding hydrogens is 389 g/mol. The van der Waals surface area contributed by atoms with Crippen LogP contribution in [0.1, 0.15) is 49.8 Å². The summed E-state index contributed by atoms with van der Waals surface area (Å²) in [4.78, 5) is 12.8. The Morgan fingerprint density at radius 2 is 2.23 bits per heavy atom. The molecule has 0 fully saturated rings. The van der Waals surface area contributed by atoms with Crippen LogP contribution < -0.4 is 0 Å². The molecule has 3 rings (SSSR count). The van der Waals surface area contributed by atoms with Crippen molar-refractivity contribution in [2.24, 2.45) is 4.99 Å². The average molecular weight is 411 g/mol. The van der Waals surface area contributed by atoms with Gasteiger partial charge in [-0.15, -0.1) is 6.42 Å². The van der Waals surface area contributed by atoms with Gasteiger partial charge in [0, 0.05) is 36.2 Å². The summed E-state index contributed by atoms with van der Waals surface area (Å²) in [5.74, 6) is 2.90. The quantitative estimate of drug-likeness (QED) is 0.459. The van der Waals surface area contributed by atoms with E-state index in [1.807, 2.05) is 12.2 Å². The third-order valence-electron chi connectivity index (χ3n) is 4.77. The van der Waals surface area contributed by atoms with Crippen molar-refractivity contribution in [3.05, 3.63) is 83.6 Å². The number of terminal acetylenes is 1. The molecular formula is C25H22FN5. The standard InChI is InChI=1S/C25H22FN5/c1-4-9-21(25-29-20(16-27)17-31(25)6-3)19(5-2)14-18-10-8-13-28-23(15-18)22-11-7-12-24(26)30-22/h2,6-8,11-13,15,17H,3-4,9-10,14H2,1H3/b21-19+. The van der Waals surface area contributed by atoms with E-state index in [0.717, 1.165) is 23.1 Å². The van der Waals surface area contributed by atoms with Gasteiger partial charge in [0.25, 0.3) is 0 Å². The van der Waals surface area contributed by atoms with Crippen LogP contribution in [0.3, 0.4) is 0 Å². The largest absolute Gasteiger partial charge is 0.306 e. The molecule has 0 saturated heterocycles. The minimum Gasteiger partial charge on any atom is -0.306 e. The van der Waals surface area contributed by atoms with E-state index in [9.17, 15) is 9.65 Å². The van der Waals surface area contributed by atoms with Gasteiger partial charge in [0.2, 0.25) is 5.95 Å². The highest BCUT2D eigenvalue weighted by molar-refractivity contribution is 6.08. The zero-order valence-corrected chi connectivity index (χ0v) is 17.3. The SMILES string of the molecule is C#C/C(CC1=CC(c2cccc(F)n2)=NC=CC1)=C(/CCC)c1nc(C#N)cn1C=C. The van der Waals surface area contributed by atoms with Crippen LogP contribution in [0, 0.1) is 29.6 Å². The monoisotopic (exact) mass is 411 g/mol. The van der Waals surface area contributed by atoms with Gasteiger partial charge in [-0.25, -0.2) is 9.97 Å². The number of hydrogen-bond donors (Lipinski definition) is 0. The molecule has 6 heteroatoms. The Kier molecular flexibility index (Phi) is 7.09. The normalized spacial score (nSPS) is 13.9. The van der Waals surface area contributed by atoms with E-state index in [1.165, 1.54) is 6.07 Å². The topological polar surface area (TPSA) is 66.9 Å². The molecule has 3 heterocycles. The van der Waals surface area contributed by atoms with Gasteiger partial charge in [0.1, 0.15) is 11.9 Å². The Labute approximate surface area is 181 Å². The molecule has 0 amide bonds. The predicted molar refractivity (Wildman–Crippen MR) is 121 cm³/mol. The van der Waals surface area contributed by atoms with Crippen molar-refractivity contribution in [3.8, 4) is 18.4 Å². The third-order valence-corrected chi connectivity index (χ3v) is 4.77. The van der Waals surface area contributed by atoms with Crippen LogP contribution in [0.4, 0.5) is 4.39 Å². The molecule has 0 spiro atoms. The van der Waals surface area contributed by atoms with E-state index in [4.69, 9.17) is 6.42 Å². The van der Waals surface area contributed by atoms with Gasteiger partial charge in [0.05, 0.1) is 11.4 Å². The molecule has 1 aliphatic heterocycles. The number of imidazole rings is 1. The molecule has 154 valence electrons. The lowest BCUT2D eigenvalue weighted by Gasteiger charge is -2.13. The minimum atomic E-state index is -0.553. The van der Waals surface area contributed by atoms with Crippen LogP contribution >= 0.6 is 0 Å². The summed E-state index contributed by atoms with van der Waals surface area (Å²) in [5.41, 5.74) is 4.07. The smallest absolute Gasteiger partial charge is 0.213 e. The Balaban J connectivity index is 2.03. The number of allylic oxidation sites excluding steroid dienone is 5. The Bertz CT molecular complexity index is 1200. The maximum atomic E-state index is 13.6. The number of hydrogen-bond acceptors (Lipinski definition) is 4. The zero-order chi connectivity index (χ0) is 22.2. The molecule has 0 saturated carbocycles. The van der Waals surface area contributed by atoms with Crippen molar-refractivity contribution in [3.63, 3.8) is 0 Å². The zero-order valence-electron chi connectivity index (χ0n) is 17.3. The number of rotatable bonds is 7. The van der Waals surface area contributed by atoms with Gasteiger partial charge in [-0.3, -0.25) is 4.99 Å². The van der Waals surface area contributed by atoms with Crippen molar-refractivity contribution in [1.82, 2.24) is 14.5 Å². The van der Waals surface area contributed by atoms with Gasteiger partial charge in [0.15, 0.2) is 5.69 Å². The van der Waals surface area contributed by atoms with Crippen molar-refractivity contribution >= 4 is 17.5 Å². The molecule has 2 aromatic heterocycles. The Morgan fingerprint density at radius 3 is 2.90 bits per heavy atom.